The number of aliphatic hydroxyl groups is 1. The molecule has 1 aliphatic heterocycles. The Kier molecular flexibility index (Phi) is 9.28. The summed E-state index contributed by atoms with van der Waals surface area (Å²) < 4.78 is 4.62. The maximum atomic E-state index is 11.8. The van der Waals surface area contributed by atoms with Crippen molar-refractivity contribution in [3.63, 3.8) is 0 Å². The molecule has 0 saturated carbocycles. The zero-order valence-electron chi connectivity index (χ0n) is 13.6. The first-order chi connectivity index (χ1) is 10.7. The summed E-state index contributed by atoms with van der Waals surface area (Å²) in [6, 6.07) is 0. The number of rotatable bonds is 12. The van der Waals surface area contributed by atoms with Crippen molar-refractivity contribution in [1.82, 2.24) is 0 Å². The Bertz CT molecular complexity index is 421. The van der Waals surface area contributed by atoms with E-state index in [4.69, 9.17) is 0 Å². The van der Waals surface area contributed by atoms with Crippen molar-refractivity contribution >= 4 is 11.8 Å². The van der Waals surface area contributed by atoms with Crippen molar-refractivity contribution in [3.05, 3.63) is 23.5 Å². The average molecular weight is 308 g/mol. The van der Waals surface area contributed by atoms with Gasteiger partial charge in [0.2, 0.25) is 0 Å². The Morgan fingerprint density at radius 3 is 2.36 bits per heavy atom. The van der Waals surface area contributed by atoms with E-state index in [0.29, 0.717) is 6.42 Å². The first kappa shape index (κ1) is 18.5. The lowest BCUT2D eigenvalue weighted by molar-refractivity contribution is -0.137. The Morgan fingerprint density at radius 2 is 1.73 bits per heavy atom. The topological polar surface area (TPSA) is 63.6 Å². The molecule has 0 radical (unpaired) electrons. The minimum Gasteiger partial charge on any atom is -0.508 e. The number of carbonyl (C=O) groups excluding carboxylic acids is 2. The summed E-state index contributed by atoms with van der Waals surface area (Å²) in [5.74, 6) is -1.19. The maximum Gasteiger partial charge on any atom is 0.345 e. The summed E-state index contributed by atoms with van der Waals surface area (Å²) in [5.41, 5.74) is -0.141. The quantitative estimate of drug-likeness (QED) is 0.251. The van der Waals surface area contributed by atoms with Crippen molar-refractivity contribution in [3.8, 4) is 0 Å². The molecular weight excluding hydrogens is 280 g/mol. The van der Waals surface area contributed by atoms with Gasteiger partial charge in [0.1, 0.15) is 17.9 Å². The predicted octanol–water partition coefficient (Wildman–Crippen LogP) is 4.40. The fourth-order valence-electron chi connectivity index (χ4n) is 2.43. The van der Waals surface area contributed by atoms with Crippen molar-refractivity contribution in [2.45, 2.75) is 71.1 Å². The van der Waals surface area contributed by atoms with E-state index in [1.807, 2.05) is 0 Å². The van der Waals surface area contributed by atoms with Crippen LogP contribution in [-0.4, -0.2) is 23.5 Å². The first-order valence-electron chi connectivity index (χ1n) is 8.44. The van der Waals surface area contributed by atoms with Gasteiger partial charge in [0.05, 0.1) is 0 Å². The van der Waals surface area contributed by atoms with Crippen LogP contribution in [-0.2, 0) is 14.3 Å². The second-order valence-corrected chi connectivity index (χ2v) is 5.74. The molecule has 22 heavy (non-hydrogen) atoms. The van der Waals surface area contributed by atoms with Gasteiger partial charge in [-0.2, -0.15) is 0 Å². The summed E-state index contributed by atoms with van der Waals surface area (Å²) >= 11 is 0. The minimum atomic E-state index is -0.683. The standard InChI is InChI=1S/C18H28O4/c1-2-3-4-5-6-7-8-9-10-11-12-13-15(19)17-16(20)14-22-18(17)21/h5-6,20H,2-4,7-14H2,1H3. The molecule has 0 amide bonds. The van der Waals surface area contributed by atoms with Crippen LogP contribution in [0.2, 0.25) is 0 Å². The molecule has 1 rings (SSSR count). The molecule has 4 heteroatoms. The van der Waals surface area contributed by atoms with E-state index in [1.165, 1.54) is 32.1 Å². The van der Waals surface area contributed by atoms with E-state index in [2.05, 4.69) is 23.8 Å². The lowest BCUT2D eigenvalue weighted by Gasteiger charge is -2.01. The Labute approximate surface area is 133 Å². The summed E-state index contributed by atoms with van der Waals surface area (Å²) in [6.45, 7) is 2.04. The van der Waals surface area contributed by atoms with Crippen molar-refractivity contribution in [2.75, 3.05) is 6.61 Å². The lowest BCUT2D eigenvalue weighted by Crippen LogP contribution is -2.10. The SMILES string of the molecule is CCCCC=CCCCCCCCC(=O)C1=C(O)COC1=O. The monoisotopic (exact) mass is 308 g/mol. The number of unbranched alkanes of at least 4 members (excludes halogenated alkanes) is 7. The molecule has 0 aliphatic carbocycles. The molecule has 1 N–H and O–H groups in total. The minimum absolute atomic E-state index is 0.141. The number of ketones is 1. The fraction of sp³-hybridized carbons (Fsp3) is 0.667. The third kappa shape index (κ3) is 6.92. The van der Waals surface area contributed by atoms with Gasteiger partial charge < -0.3 is 9.84 Å². The van der Waals surface area contributed by atoms with Gasteiger partial charge in [0.25, 0.3) is 0 Å². The molecule has 0 atom stereocenters. The smallest absolute Gasteiger partial charge is 0.345 e. The van der Waals surface area contributed by atoms with Gasteiger partial charge in [-0.25, -0.2) is 4.79 Å². The summed E-state index contributed by atoms with van der Waals surface area (Å²) in [7, 11) is 0. The van der Waals surface area contributed by atoms with Crippen LogP contribution >= 0.6 is 0 Å². The van der Waals surface area contributed by atoms with E-state index in [1.54, 1.807) is 0 Å². The number of esters is 1. The molecule has 124 valence electrons. The van der Waals surface area contributed by atoms with Gasteiger partial charge in [-0.05, 0) is 25.7 Å². The van der Waals surface area contributed by atoms with E-state index in [9.17, 15) is 14.7 Å². The number of ether oxygens (including phenoxy) is 1. The van der Waals surface area contributed by atoms with E-state index in [0.717, 1.165) is 25.7 Å². The highest BCUT2D eigenvalue weighted by atomic mass is 16.5. The van der Waals surface area contributed by atoms with Crippen LogP contribution in [0.3, 0.4) is 0 Å². The van der Waals surface area contributed by atoms with Gasteiger partial charge in [0, 0.05) is 6.42 Å². The molecule has 1 heterocycles. The zero-order valence-corrected chi connectivity index (χ0v) is 13.6. The number of cyclic esters (lactones) is 1. The molecule has 0 spiro atoms. The third-order valence-electron chi connectivity index (χ3n) is 3.78. The summed E-state index contributed by atoms with van der Waals surface area (Å²) in [4.78, 5) is 23.1. The van der Waals surface area contributed by atoms with Crippen LogP contribution in [0, 0.1) is 0 Å². The Hall–Kier alpha value is -1.58. The van der Waals surface area contributed by atoms with E-state index in [-0.39, 0.29) is 23.7 Å². The van der Waals surface area contributed by atoms with E-state index >= 15 is 0 Å². The number of carbonyl (C=O) groups is 2. The largest absolute Gasteiger partial charge is 0.508 e. The van der Waals surface area contributed by atoms with Crippen LogP contribution < -0.4 is 0 Å². The zero-order chi connectivity index (χ0) is 16.2. The van der Waals surface area contributed by atoms with Gasteiger partial charge >= 0.3 is 5.97 Å². The molecule has 0 saturated heterocycles. The molecule has 0 aromatic carbocycles. The first-order valence-corrected chi connectivity index (χ1v) is 8.44. The predicted molar refractivity (Wildman–Crippen MR) is 86.6 cm³/mol. The van der Waals surface area contributed by atoms with Crippen LogP contribution in [0.5, 0.6) is 0 Å². The normalized spacial score (nSPS) is 14.9. The van der Waals surface area contributed by atoms with Crippen molar-refractivity contribution < 1.29 is 19.4 Å². The average Bonchev–Trinajstić information content (AvgIpc) is 2.83. The summed E-state index contributed by atoms with van der Waals surface area (Å²) in [5, 5.41) is 9.41. The molecular formula is C18H28O4. The second kappa shape index (κ2) is 11.0. The van der Waals surface area contributed by atoms with Gasteiger partial charge in [-0.15, -0.1) is 0 Å². The molecule has 4 nitrogen and oxygen atoms in total. The van der Waals surface area contributed by atoms with Crippen LogP contribution in [0.25, 0.3) is 0 Å². The lowest BCUT2D eigenvalue weighted by atomic mass is 10.0. The fourth-order valence-corrected chi connectivity index (χ4v) is 2.43. The summed E-state index contributed by atoms with van der Waals surface area (Å²) in [6.07, 6.45) is 14.9. The Balaban J connectivity index is 2.00. The number of aliphatic hydroxyl groups excluding tert-OH is 1. The van der Waals surface area contributed by atoms with Crippen LogP contribution in [0.15, 0.2) is 23.5 Å². The third-order valence-corrected chi connectivity index (χ3v) is 3.78. The molecule has 0 bridgehead atoms. The molecule has 1 aliphatic rings. The highest BCUT2D eigenvalue weighted by Crippen LogP contribution is 2.17. The van der Waals surface area contributed by atoms with E-state index < -0.39 is 5.97 Å². The number of allylic oxidation sites excluding steroid dienone is 2. The highest BCUT2D eigenvalue weighted by Gasteiger charge is 2.29. The van der Waals surface area contributed by atoms with Crippen molar-refractivity contribution in [1.29, 1.82) is 0 Å². The maximum absolute atomic E-state index is 11.8. The number of Topliss-reactive ketones (excluding diaryl/α,β-unsaturated/α-hetero) is 1. The van der Waals surface area contributed by atoms with Gasteiger partial charge in [0.15, 0.2) is 5.78 Å². The molecule has 0 unspecified atom stereocenters. The Morgan fingerprint density at radius 1 is 1.09 bits per heavy atom. The second-order valence-electron chi connectivity index (χ2n) is 5.74. The highest BCUT2D eigenvalue weighted by molar-refractivity contribution is 6.18. The number of hydrogen-bond acceptors (Lipinski definition) is 4. The molecule has 0 aromatic rings. The molecule has 0 fully saturated rings. The van der Waals surface area contributed by atoms with Crippen LogP contribution in [0.4, 0.5) is 0 Å². The molecule has 0 aromatic heterocycles. The van der Waals surface area contributed by atoms with Gasteiger partial charge in [-0.1, -0.05) is 51.2 Å². The van der Waals surface area contributed by atoms with Crippen LogP contribution in [0.1, 0.15) is 71.1 Å². The van der Waals surface area contributed by atoms with Crippen molar-refractivity contribution in [2.24, 2.45) is 0 Å². The number of hydrogen-bond donors (Lipinski definition) is 1. The van der Waals surface area contributed by atoms with Gasteiger partial charge in [-0.3, -0.25) is 4.79 Å².